The van der Waals surface area contributed by atoms with Crippen LogP contribution in [-0.2, 0) is 11.3 Å². The third kappa shape index (κ3) is 4.68. The number of rotatable bonds is 3. The van der Waals surface area contributed by atoms with Gasteiger partial charge in [0.05, 0.1) is 34.3 Å². The molecule has 1 fully saturated rings. The van der Waals surface area contributed by atoms with E-state index in [1.54, 1.807) is 22.4 Å². The van der Waals surface area contributed by atoms with E-state index in [0.29, 0.717) is 36.8 Å². The van der Waals surface area contributed by atoms with Crippen LogP contribution in [-0.4, -0.2) is 49.9 Å². The Kier molecular flexibility index (Phi) is 5.81. The Morgan fingerprint density at radius 2 is 1.91 bits per heavy atom. The van der Waals surface area contributed by atoms with E-state index in [4.69, 9.17) is 4.74 Å². The summed E-state index contributed by atoms with van der Waals surface area (Å²) in [6.45, 7) is 6.23. The molecule has 1 saturated heterocycles. The number of carbonyl (C=O) groups is 1. The summed E-state index contributed by atoms with van der Waals surface area (Å²) in [5.41, 5.74) is -0.568. The molecule has 0 atom stereocenters. The molecular weight excluding hydrogens is 433 g/mol. The van der Waals surface area contributed by atoms with E-state index in [2.05, 4.69) is 4.98 Å². The van der Waals surface area contributed by atoms with E-state index in [9.17, 15) is 19.1 Å². The summed E-state index contributed by atoms with van der Waals surface area (Å²) in [5, 5.41) is 13.3. The van der Waals surface area contributed by atoms with Gasteiger partial charge in [-0.05, 0) is 51.3 Å². The highest BCUT2D eigenvalue weighted by Crippen LogP contribution is 2.32. The third-order valence-corrected chi connectivity index (χ3v) is 6.52. The Hall–Kier alpha value is -2.78. The highest BCUT2D eigenvalue weighted by molar-refractivity contribution is 7.15. The van der Waals surface area contributed by atoms with Crippen LogP contribution in [0.2, 0.25) is 0 Å². The van der Waals surface area contributed by atoms with Crippen LogP contribution in [0.5, 0.6) is 0 Å². The number of benzene rings is 1. The molecule has 1 aliphatic heterocycles. The molecule has 9 heteroatoms. The van der Waals surface area contributed by atoms with Gasteiger partial charge < -0.3 is 14.7 Å². The Morgan fingerprint density at radius 3 is 2.53 bits per heavy atom. The predicted octanol–water partition coefficient (Wildman–Crippen LogP) is 4.03. The highest BCUT2D eigenvalue weighted by Gasteiger charge is 2.36. The fourth-order valence-corrected chi connectivity index (χ4v) is 4.79. The van der Waals surface area contributed by atoms with Gasteiger partial charge in [0, 0.05) is 18.5 Å². The van der Waals surface area contributed by atoms with E-state index in [1.165, 1.54) is 34.4 Å². The average molecular weight is 460 g/mol. The van der Waals surface area contributed by atoms with Crippen LogP contribution in [0.15, 0.2) is 40.8 Å². The summed E-state index contributed by atoms with van der Waals surface area (Å²) >= 11 is 1.38. The first-order chi connectivity index (χ1) is 15.0. The van der Waals surface area contributed by atoms with Crippen molar-refractivity contribution >= 4 is 28.3 Å². The zero-order valence-corrected chi connectivity index (χ0v) is 19.1. The Balaban J connectivity index is 1.50. The second-order valence-electron chi connectivity index (χ2n) is 9.20. The van der Waals surface area contributed by atoms with Gasteiger partial charge in [-0.1, -0.05) is 12.1 Å². The first-order valence-corrected chi connectivity index (χ1v) is 11.4. The summed E-state index contributed by atoms with van der Waals surface area (Å²) in [6, 6.07) is 6.08. The number of carbonyl (C=O) groups excluding carboxylic acids is 1. The number of nitrogens with zero attached hydrogens (tertiary/aromatic N) is 3. The van der Waals surface area contributed by atoms with Crippen molar-refractivity contribution in [1.82, 2.24) is 14.5 Å². The molecule has 0 unspecified atom stereocenters. The molecule has 0 aliphatic carbocycles. The molecule has 0 bridgehead atoms. The number of ether oxygens (including phenoxy) is 1. The molecule has 0 radical (unpaired) electrons. The van der Waals surface area contributed by atoms with Gasteiger partial charge in [-0.2, -0.15) is 0 Å². The lowest BCUT2D eigenvalue weighted by molar-refractivity contribution is -0.0419. The van der Waals surface area contributed by atoms with Crippen LogP contribution in [0.4, 0.5) is 9.18 Å². The molecule has 0 spiro atoms. The molecule has 1 N–H and O–H groups in total. The standard InChI is InChI=1S/C23H26FN3O4S/c1-22(2,3)31-21(29)26-10-8-23(30,9-11-26)13-27-14-25-18-17(20(27)28)12-32-19(18)15-4-6-16(24)7-5-15/h4-7,12,14,30H,8-11,13H2,1-3H3. The minimum Gasteiger partial charge on any atom is -0.444 e. The number of hydrogen-bond donors (Lipinski definition) is 1. The maximum absolute atomic E-state index is 13.2. The fraction of sp³-hybridized carbons (Fsp3) is 0.435. The summed E-state index contributed by atoms with van der Waals surface area (Å²) < 4.78 is 20.1. The van der Waals surface area contributed by atoms with Crippen molar-refractivity contribution in [3.63, 3.8) is 0 Å². The second-order valence-corrected chi connectivity index (χ2v) is 10.1. The van der Waals surface area contributed by atoms with Gasteiger partial charge in [-0.25, -0.2) is 14.2 Å². The van der Waals surface area contributed by atoms with Crippen LogP contribution in [0.3, 0.4) is 0 Å². The Labute approximate surface area is 189 Å². The zero-order chi connectivity index (χ0) is 23.1. The van der Waals surface area contributed by atoms with Crippen LogP contribution in [0.25, 0.3) is 21.3 Å². The van der Waals surface area contributed by atoms with Gasteiger partial charge >= 0.3 is 6.09 Å². The molecule has 1 aliphatic rings. The molecule has 3 heterocycles. The van der Waals surface area contributed by atoms with Crippen molar-refractivity contribution in [2.45, 2.75) is 51.4 Å². The Bertz CT molecular complexity index is 1190. The van der Waals surface area contributed by atoms with Gasteiger partial charge in [0.15, 0.2) is 0 Å². The van der Waals surface area contributed by atoms with Crippen LogP contribution >= 0.6 is 11.3 Å². The van der Waals surface area contributed by atoms with Crippen molar-refractivity contribution < 1.29 is 19.0 Å². The maximum Gasteiger partial charge on any atom is 0.410 e. The second kappa shape index (κ2) is 8.29. The van der Waals surface area contributed by atoms with Crippen molar-refractivity contribution in [3.05, 3.63) is 52.1 Å². The molecular formula is C23H26FN3O4S. The number of halogens is 1. The van der Waals surface area contributed by atoms with Gasteiger partial charge in [0.2, 0.25) is 0 Å². The van der Waals surface area contributed by atoms with Crippen molar-refractivity contribution in [2.24, 2.45) is 0 Å². The van der Waals surface area contributed by atoms with Crippen molar-refractivity contribution in [3.8, 4) is 10.4 Å². The summed E-state index contributed by atoms with van der Waals surface area (Å²) in [6.07, 6.45) is 1.72. The number of thiophene rings is 1. The number of likely N-dealkylation sites (tertiary alicyclic amines) is 1. The molecule has 0 saturated carbocycles. The van der Waals surface area contributed by atoms with Crippen molar-refractivity contribution in [2.75, 3.05) is 13.1 Å². The Morgan fingerprint density at radius 1 is 1.25 bits per heavy atom. The monoisotopic (exact) mass is 459 g/mol. The lowest BCUT2D eigenvalue weighted by Crippen LogP contribution is -2.50. The SMILES string of the molecule is CC(C)(C)OC(=O)N1CCC(O)(Cn2cnc3c(-c4ccc(F)cc4)scc3c2=O)CC1. The zero-order valence-electron chi connectivity index (χ0n) is 18.3. The van der Waals surface area contributed by atoms with E-state index in [-0.39, 0.29) is 17.9 Å². The van der Waals surface area contributed by atoms with Gasteiger partial charge in [0.1, 0.15) is 11.4 Å². The first-order valence-electron chi connectivity index (χ1n) is 10.5. The number of aromatic nitrogens is 2. The first kappa shape index (κ1) is 22.4. The quantitative estimate of drug-likeness (QED) is 0.639. The number of hydrogen-bond acceptors (Lipinski definition) is 6. The predicted molar refractivity (Wildman–Crippen MR) is 121 cm³/mol. The molecule has 1 aromatic carbocycles. The van der Waals surface area contributed by atoms with Crippen LogP contribution in [0.1, 0.15) is 33.6 Å². The largest absolute Gasteiger partial charge is 0.444 e. The third-order valence-electron chi connectivity index (χ3n) is 5.50. The van der Waals surface area contributed by atoms with E-state index in [0.717, 1.165) is 10.4 Å². The van der Waals surface area contributed by atoms with Gasteiger partial charge in [-0.15, -0.1) is 11.3 Å². The molecule has 1 amide bonds. The molecule has 4 rings (SSSR count). The van der Waals surface area contributed by atoms with Gasteiger partial charge in [-0.3, -0.25) is 9.36 Å². The lowest BCUT2D eigenvalue weighted by Gasteiger charge is -2.38. The van der Waals surface area contributed by atoms with E-state index in [1.807, 2.05) is 20.8 Å². The minimum atomic E-state index is -1.12. The van der Waals surface area contributed by atoms with Gasteiger partial charge in [0.25, 0.3) is 5.56 Å². The van der Waals surface area contributed by atoms with Crippen LogP contribution < -0.4 is 5.56 Å². The summed E-state index contributed by atoms with van der Waals surface area (Å²) in [4.78, 5) is 32.2. The number of piperidine rings is 1. The molecule has 2 aromatic heterocycles. The molecule has 3 aromatic rings. The smallest absolute Gasteiger partial charge is 0.410 e. The van der Waals surface area contributed by atoms with Crippen LogP contribution in [0, 0.1) is 5.82 Å². The number of aliphatic hydroxyl groups is 1. The average Bonchev–Trinajstić information content (AvgIpc) is 3.15. The fourth-order valence-electron chi connectivity index (χ4n) is 3.79. The highest BCUT2D eigenvalue weighted by atomic mass is 32.1. The molecule has 7 nitrogen and oxygen atoms in total. The van der Waals surface area contributed by atoms with E-state index >= 15 is 0 Å². The number of fused-ring (bicyclic) bond motifs is 1. The lowest BCUT2D eigenvalue weighted by atomic mass is 9.91. The summed E-state index contributed by atoms with van der Waals surface area (Å²) in [7, 11) is 0. The van der Waals surface area contributed by atoms with E-state index < -0.39 is 17.3 Å². The number of amides is 1. The maximum atomic E-state index is 13.2. The normalized spacial score (nSPS) is 16.3. The van der Waals surface area contributed by atoms with Crippen molar-refractivity contribution in [1.29, 1.82) is 0 Å². The summed E-state index contributed by atoms with van der Waals surface area (Å²) in [5.74, 6) is -0.323. The topological polar surface area (TPSA) is 84.7 Å². The molecule has 32 heavy (non-hydrogen) atoms. The minimum absolute atomic E-state index is 0.0959. The molecule has 170 valence electrons.